The molecule has 0 aliphatic carbocycles. The highest BCUT2D eigenvalue weighted by molar-refractivity contribution is 6.34. The van der Waals surface area contributed by atoms with Crippen LogP contribution in [-0.2, 0) is 0 Å². The van der Waals surface area contributed by atoms with Crippen LogP contribution in [0.1, 0.15) is 36.0 Å². The molecule has 4 nitrogen and oxygen atoms in total. The summed E-state index contributed by atoms with van der Waals surface area (Å²) in [5.74, 6) is -0.192. The highest BCUT2D eigenvalue weighted by Crippen LogP contribution is 2.21. The van der Waals surface area contributed by atoms with Gasteiger partial charge in [0.2, 0.25) is 0 Å². The standard InChI is InChI=1S/C15H22ClN3O/c16-12-6-5-7-13(17)14(12)15(20)18-8-11-19-9-3-1-2-4-10-19/h5-7H,1-4,8-11,17H2,(H,18,20). The molecule has 0 saturated carbocycles. The number of hydrogen-bond acceptors (Lipinski definition) is 3. The molecule has 1 aliphatic rings. The third kappa shape index (κ3) is 4.12. The van der Waals surface area contributed by atoms with Crippen LogP contribution in [0.15, 0.2) is 18.2 Å². The largest absolute Gasteiger partial charge is 0.398 e. The second kappa shape index (κ2) is 7.50. The van der Waals surface area contributed by atoms with Crippen molar-refractivity contribution < 1.29 is 4.79 Å². The molecule has 1 aromatic rings. The minimum absolute atomic E-state index is 0.192. The van der Waals surface area contributed by atoms with E-state index in [0.29, 0.717) is 22.8 Å². The van der Waals surface area contributed by atoms with E-state index in [1.807, 2.05) is 0 Å². The van der Waals surface area contributed by atoms with Crippen LogP contribution >= 0.6 is 11.6 Å². The van der Waals surface area contributed by atoms with Crippen LogP contribution in [0.2, 0.25) is 5.02 Å². The number of nitrogen functional groups attached to an aromatic ring is 1. The summed E-state index contributed by atoms with van der Waals surface area (Å²) in [5.41, 5.74) is 6.60. The summed E-state index contributed by atoms with van der Waals surface area (Å²) >= 11 is 6.02. The molecule has 3 N–H and O–H groups in total. The Balaban J connectivity index is 1.83. The van der Waals surface area contributed by atoms with Crippen LogP contribution in [0.5, 0.6) is 0 Å². The summed E-state index contributed by atoms with van der Waals surface area (Å²) < 4.78 is 0. The second-order valence-corrected chi connectivity index (χ2v) is 5.62. The van der Waals surface area contributed by atoms with Crippen molar-refractivity contribution in [2.75, 3.05) is 31.9 Å². The molecule has 0 unspecified atom stereocenters. The number of halogens is 1. The van der Waals surface area contributed by atoms with Crippen LogP contribution < -0.4 is 11.1 Å². The van der Waals surface area contributed by atoms with Crippen molar-refractivity contribution in [2.45, 2.75) is 25.7 Å². The Hall–Kier alpha value is -1.26. The van der Waals surface area contributed by atoms with Gasteiger partial charge in [-0.15, -0.1) is 0 Å². The average molecular weight is 296 g/mol. The van der Waals surface area contributed by atoms with E-state index in [4.69, 9.17) is 17.3 Å². The van der Waals surface area contributed by atoms with Gasteiger partial charge in [-0.1, -0.05) is 30.5 Å². The molecular weight excluding hydrogens is 274 g/mol. The molecule has 0 spiro atoms. The number of amides is 1. The maximum atomic E-state index is 12.1. The Morgan fingerprint density at radius 1 is 1.25 bits per heavy atom. The fourth-order valence-corrected chi connectivity index (χ4v) is 2.82. The van der Waals surface area contributed by atoms with Crippen molar-refractivity contribution in [3.63, 3.8) is 0 Å². The fraction of sp³-hybridized carbons (Fsp3) is 0.533. The number of hydrogen-bond donors (Lipinski definition) is 2. The molecule has 1 amide bonds. The summed E-state index contributed by atoms with van der Waals surface area (Å²) in [4.78, 5) is 14.5. The van der Waals surface area contributed by atoms with Gasteiger partial charge in [0.25, 0.3) is 5.91 Å². The maximum Gasteiger partial charge on any atom is 0.254 e. The van der Waals surface area contributed by atoms with Gasteiger partial charge >= 0.3 is 0 Å². The highest BCUT2D eigenvalue weighted by atomic mass is 35.5. The van der Waals surface area contributed by atoms with Crippen molar-refractivity contribution in [1.82, 2.24) is 10.2 Å². The Labute approximate surface area is 125 Å². The van der Waals surface area contributed by atoms with Gasteiger partial charge in [0.15, 0.2) is 0 Å². The predicted octanol–water partition coefficient (Wildman–Crippen LogP) is 2.53. The average Bonchev–Trinajstić information content (AvgIpc) is 2.67. The molecular formula is C15H22ClN3O. The number of likely N-dealkylation sites (tertiary alicyclic amines) is 1. The minimum atomic E-state index is -0.192. The smallest absolute Gasteiger partial charge is 0.254 e. The first-order chi connectivity index (χ1) is 9.68. The first kappa shape index (κ1) is 15.1. The van der Waals surface area contributed by atoms with Crippen molar-refractivity contribution in [2.24, 2.45) is 0 Å². The van der Waals surface area contributed by atoms with Gasteiger partial charge < -0.3 is 16.0 Å². The quantitative estimate of drug-likeness (QED) is 0.839. The zero-order valence-electron chi connectivity index (χ0n) is 11.7. The lowest BCUT2D eigenvalue weighted by molar-refractivity contribution is 0.0949. The van der Waals surface area contributed by atoms with E-state index in [1.165, 1.54) is 25.7 Å². The zero-order valence-corrected chi connectivity index (χ0v) is 12.5. The molecule has 1 saturated heterocycles. The molecule has 2 rings (SSSR count). The molecule has 1 heterocycles. The summed E-state index contributed by atoms with van der Waals surface area (Å²) in [6, 6.07) is 5.11. The van der Waals surface area contributed by atoms with Gasteiger partial charge in [-0.2, -0.15) is 0 Å². The van der Waals surface area contributed by atoms with E-state index in [9.17, 15) is 4.79 Å². The van der Waals surface area contributed by atoms with Crippen molar-refractivity contribution in [3.05, 3.63) is 28.8 Å². The van der Waals surface area contributed by atoms with Crippen molar-refractivity contribution >= 4 is 23.2 Å². The fourth-order valence-electron chi connectivity index (χ4n) is 2.56. The van der Waals surface area contributed by atoms with Gasteiger partial charge in [-0.25, -0.2) is 0 Å². The molecule has 110 valence electrons. The van der Waals surface area contributed by atoms with E-state index in [0.717, 1.165) is 19.6 Å². The number of rotatable bonds is 4. The molecule has 1 aliphatic heterocycles. The van der Waals surface area contributed by atoms with E-state index in [1.54, 1.807) is 18.2 Å². The first-order valence-corrected chi connectivity index (χ1v) is 7.61. The first-order valence-electron chi connectivity index (χ1n) is 7.23. The Morgan fingerprint density at radius 2 is 1.95 bits per heavy atom. The topological polar surface area (TPSA) is 58.4 Å². The number of nitrogens with two attached hydrogens (primary N) is 1. The Kier molecular flexibility index (Phi) is 5.68. The monoisotopic (exact) mass is 295 g/mol. The SMILES string of the molecule is Nc1cccc(Cl)c1C(=O)NCCN1CCCCCC1. The van der Waals surface area contributed by atoms with Crippen LogP contribution in [0.4, 0.5) is 5.69 Å². The van der Waals surface area contributed by atoms with Gasteiger partial charge in [-0.05, 0) is 38.1 Å². The minimum Gasteiger partial charge on any atom is -0.398 e. The van der Waals surface area contributed by atoms with E-state index >= 15 is 0 Å². The van der Waals surface area contributed by atoms with Crippen molar-refractivity contribution in [1.29, 1.82) is 0 Å². The van der Waals surface area contributed by atoms with Crippen LogP contribution in [-0.4, -0.2) is 37.0 Å². The summed E-state index contributed by atoms with van der Waals surface area (Å²) in [5, 5.41) is 3.30. The number of anilines is 1. The summed E-state index contributed by atoms with van der Waals surface area (Å²) in [6.45, 7) is 3.77. The lowest BCUT2D eigenvalue weighted by atomic mass is 10.1. The van der Waals surface area contributed by atoms with E-state index < -0.39 is 0 Å². The molecule has 5 heteroatoms. The summed E-state index contributed by atoms with van der Waals surface area (Å²) in [7, 11) is 0. The molecule has 1 fully saturated rings. The lowest BCUT2D eigenvalue weighted by Crippen LogP contribution is -2.35. The van der Waals surface area contributed by atoms with Crippen LogP contribution in [0, 0.1) is 0 Å². The van der Waals surface area contributed by atoms with Crippen molar-refractivity contribution in [3.8, 4) is 0 Å². The number of nitrogens with zero attached hydrogens (tertiary/aromatic N) is 1. The Bertz CT molecular complexity index is 436. The van der Waals surface area contributed by atoms with Crippen LogP contribution in [0.3, 0.4) is 0 Å². The predicted molar refractivity (Wildman–Crippen MR) is 83.1 cm³/mol. The molecule has 1 aromatic carbocycles. The van der Waals surface area contributed by atoms with E-state index in [2.05, 4.69) is 10.2 Å². The summed E-state index contributed by atoms with van der Waals surface area (Å²) in [6.07, 6.45) is 5.15. The third-order valence-corrected chi connectivity index (χ3v) is 4.00. The maximum absolute atomic E-state index is 12.1. The van der Waals surface area contributed by atoms with E-state index in [-0.39, 0.29) is 5.91 Å². The number of nitrogens with one attached hydrogen (secondary N) is 1. The second-order valence-electron chi connectivity index (χ2n) is 5.22. The van der Waals surface area contributed by atoms with Gasteiger partial charge in [-0.3, -0.25) is 4.79 Å². The number of carbonyl (C=O) groups excluding carboxylic acids is 1. The number of carbonyl (C=O) groups is 1. The molecule has 0 radical (unpaired) electrons. The number of benzene rings is 1. The normalized spacial score (nSPS) is 16.6. The van der Waals surface area contributed by atoms with Crippen LogP contribution in [0.25, 0.3) is 0 Å². The zero-order chi connectivity index (χ0) is 14.4. The van der Waals surface area contributed by atoms with Gasteiger partial charge in [0.05, 0.1) is 10.6 Å². The Morgan fingerprint density at radius 3 is 2.60 bits per heavy atom. The molecule has 0 atom stereocenters. The lowest BCUT2D eigenvalue weighted by Gasteiger charge is -2.20. The van der Waals surface area contributed by atoms with Gasteiger partial charge in [0, 0.05) is 18.8 Å². The van der Waals surface area contributed by atoms with Gasteiger partial charge in [0.1, 0.15) is 0 Å². The highest BCUT2D eigenvalue weighted by Gasteiger charge is 2.14. The molecule has 0 aromatic heterocycles. The molecule has 0 bridgehead atoms. The molecule has 20 heavy (non-hydrogen) atoms. The third-order valence-electron chi connectivity index (χ3n) is 3.69.